The summed E-state index contributed by atoms with van der Waals surface area (Å²) < 4.78 is 0. The molecule has 2 heterocycles. The van der Waals surface area contributed by atoms with Gasteiger partial charge >= 0.3 is 0 Å². The Labute approximate surface area is 138 Å². The maximum absolute atomic E-state index is 12.9. The maximum atomic E-state index is 12.9. The van der Waals surface area contributed by atoms with Crippen LogP contribution in [-0.4, -0.2) is 27.8 Å². The Balaban J connectivity index is 2.26. The van der Waals surface area contributed by atoms with Gasteiger partial charge in [0.15, 0.2) is 0 Å². The van der Waals surface area contributed by atoms with Gasteiger partial charge < -0.3 is 4.90 Å². The van der Waals surface area contributed by atoms with Crippen LogP contribution < -0.4 is 0 Å². The van der Waals surface area contributed by atoms with E-state index in [4.69, 9.17) is 0 Å². The second-order valence-corrected chi connectivity index (χ2v) is 5.99. The number of unbranched alkanes of at least 4 members (excludes halogenated alkanes) is 1. The highest BCUT2D eigenvalue weighted by molar-refractivity contribution is 5.94. The molecule has 1 amide bonds. The van der Waals surface area contributed by atoms with Gasteiger partial charge in [-0.2, -0.15) is 0 Å². The molecule has 0 bridgehead atoms. The number of carbonyl (C=O) groups excluding carboxylic acids is 1. The molecule has 2 aromatic rings. The van der Waals surface area contributed by atoms with Crippen molar-refractivity contribution in [1.82, 2.24) is 14.9 Å². The van der Waals surface area contributed by atoms with Crippen LogP contribution in [0.5, 0.6) is 0 Å². The monoisotopic (exact) mass is 311 g/mol. The maximum Gasteiger partial charge on any atom is 0.255 e. The molecule has 0 aliphatic heterocycles. The molecule has 0 unspecified atom stereocenters. The van der Waals surface area contributed by atoms with Gasteiger partial charge in [0.1, 0.15) is 0 Å². The number of aromatic nitrogens is 2. The summed E-state index contributed by atoms with van der Waals surface area (Å²) in [7, 11) is 1.87. The largest absolute Gasteiger partial charge is 0.335 e. The molecule has 0 saturated carbocycles. The van der Waals surface area contributed by atoms with Crippen LogP contribution in [0.3, 0.4) is 0 Å². The lowest BCUT2D eigenvalue weighted by molar-refractivity contribution is 0.0719. The number of hydrogen-bond acceptors (Lipinski definition) is 3. The zero-order valence-corrected chi connectivity index (χ0v) is 14.4. The molecule has 122 valence electrons. The third kappa shape index (κ3) is 4.15. The molecule has 0 aliphatic rings. The first-order chi connectivity index (χ1) is 11.0. The van der Waals surface area contributed by atoms with Crippen molar-refractivity contribution in [2.75, 3.05) is 7.05 Å². The molecular weight excluding hydrogens is 286 g/mol. The van der Waals surface area contributed by atoms with Gasteiger partial charge in [0, 0.05) is 31.3 Å². The quantitative estimate of drug-likeness (QED) is 0.807. The van der Waals surface area contributed by atoms with E-state index < -0.39 is 0 Å². The summed E-state index contributed by atoms with van der Waals surface area (Å²) in [5.74, 6) is 0.00514. The Morgan fingerprint density at radius 2 is 2.09 bits per heavy atom. The summed E-state index contributed by atoms with van der Waals surface area (Å²) >= 11 is 0. The molecule has 23 heavy (non-hydrogen) atoms. The fraction of sp³-hybridized carbons (Fsp3) is 0.421. The second-order valence-electron chi connectivity index (χ2n) is 5.99. The van der Waals surface area contributed by atoms with Gasteiger partial charge in [-0.3, -0.25) is 14.8 Å². The van der Waals surface area contributed by atoms with Crippen molar-refractivity contribution in [2.24, 2.45) is 0 Å². The molecule has 4 heteroatoms. The van der Waals surface area contributed by atoms with Crippen molar-refractivity contribution in [1.29, 1.82) is 0 Å². The fourth-order valence-electron chi connectivity index (χ4n) is 2.66. The van der Waals surface area contributed by atoms with Crippen LogP contribution in [0.2, 0.25) is 0 Å². The number of pyridine rings is 2. The van der Waals surface area contributed by atoms with E-state index in [9.17, 15) is 4.79 Å². The van der Waals surface area contributed by atoms with Crippen LogP contribution in [0.1, 0.15) is 59.4 Å². The van der Waals surface area contributed by atoms with E-state index in [2.05, 4.69) is 16.9 Å². The van der Waals surface area contributed by atoms with Crippen molar-refractivity contribution >= 4 is 5.91 Å². The third-order valence-electron chi connectivity index (χ3n) is 4.28. The molecular formula is C19H25N3O. The van der Waals surface area contributed by atoms with Crippen LogP contribution in [0, 0.1) is 13.8 Å². The van der Waals surface area contributed by atoms with E-state index in [1.54, 1.807) is 12.4 Å². The Kier molecular flexibility index (Phi) is 5.85. The summed E-state index contributed by atoms with van der Waals surface area (Å²) in [6, 6.07) is 5.92. The number of aryl methyl sites for hydroxylation is 2. The van der Waals surface area contributed by atoms with Gasteiger partial charge in [-0.25, -0.2) is 0 Å². The molecule has 0 aliphatic carbocycles. The minimum atomic E-state index is 0.00514. The first-order valence-corrected chi connectivity index (χ1v) is 8.15. The molecule has 0 N–H and O–H groups in total. The molecule has 0 saturated heterocycles. The minimum absolute atomic E-state index is 0.00514. The van der Waals surface area contributed by atoms with Crippen molar-refractivity contribution in [3.63, 3.8) is 0 Å². The number of rotatable bonds is 6. The summed E-state index contributed by atoms with van der Waals surface area (Å²) in [5, 5.41) is 0. The Morgan fingerprint density at radius 1 is 1.30 bits per heavy atom. The number of hydrogen-bond donors (Lipinski definition) is 0. The average molecular weight is 311 g/mol. The molecule has 1 atom stereocenters. The number of amides is 1. The Bertz CT molecular complexity index is 655. The average Bonchev–Trinajstić information content (AvgIpc) is 2.58. The van der Waals surface area contributed by atoms with Gasteiger partial charge in [0.2, 0.25) is 0 Å². The SMILES string of the molecule is CCCC[C@H](c1cccnc1)N(C)C(=O)c1cnc(C)c(C)c1. The van der Waals surface area contributed by atoms with E-state index in [0.29, 0.717) is 5.56 Å². The lowest BCUT2D eigenvalue weighted by Gasteiger charge is -2.28. The summed E-state index contributed by atoms with van der Waals surface area (Å²) in [4.78, 5) is 23.2. The van der Waals surface area contributed by atoms with E-state index in [1.165, 1.54) is 0 Å². The second kappa shape index (κ2) is 7.86. The Morgan fingerprint density at radius 3 is 2.70 bits per heavy atom. The van der Waals surface area contributed by atoms with Crippen LogP contribution in [-0.2, 0) is 0 Å². The Hall–Kier alpha value is -2.23. The lowest BCUT2D eigenvalue weighted by atomic mass is 10.0. The highest BCUT2D eigenvalue weighted by Crippen LogP contribution is 2.26. The minimum Gasteiger partial charge on any atom is -0.335 e. The van der Waals surface area contributed by atoms with Crippen molar-refractivity contribution < 1.29 is 4.79 Å². The molecule has 2 rings (SSSR count). The molecule has 0 fully saturated rings. The highest BCUT2D eigenvalue weighted by atomic mass is 16.2. The zero-order chi connectivity index (χ0) is 16.8. The van der Waals surface area contributed by atoms with Crippen LogP contribution in [0.4, 0.5) is 0 Å². The summed E-state index contributed by atoms with van der Waals surface area (Å²) in [6.07, 6.45) is 8.38. The summed E-state index contributed by atoms with van der Waals surface area (Å²) in [6.45, 7) is 6.09. The molecule has 0 radical (unpaired) electrons. The van der Waals surface area contributed by atoms with Gasteiger partial charge in [0.05, 0.1) is 11.6 Å². The van der Waals surface area contributed by atoms with Crippen LogP contribution >= 0.6 is 0 Å². The highest BCUT2D eigenvalue weighted by Gasteiger charge is 2.23. The van der Waals surface area contributed by atoms with Gasteiger partial charge in [0.25, 0.3) is 5.91 Å². The molecule has 0 aromatic carbocycles. The standard InChI is InChI=1S/C19H25N3O/c1-5-6-9-18(16-8-7-10-20-12-16)22(4)19(23)17-11-14(2)15(3)21-13-17/h7-8,10-13,18H,5-6,9H2,1-4H3/t18-/m1/s1. The topological polar surface area (TPSA) is 46.1 Å². The molecule has 4 nitrogen and oxygen atoms in total. The van der Waals surface area contributed by atoms with Gasteiger partial charge in [-0.05, 0) is 43.5 Å². The molecule has 0 spiro atoms. The fourth-order valence-corrected chi connectivity index (χ4v) is 2.66. The van der Waals surface area contributed by atoms with E-state index in [0.717, 1.165) is 36.1 Å². The predicted molar refractivity (Wildman–Crippen MR) is 92.3 cm³/mol. The first kappa shape index (κ1) is 17.1. The lowest BCUT2D eigenvalue weighted by Crippen LogP contribution is -2.31. The number of carbonyl (C=O) groups is 1. The normalized spacial score (nSPS) is 12.0. The van der Waals surface area contributed by atoms with Crippen molar-refractivity contribution in [3.05, 3.63) is 59.2 Å². The zero-order valence-electron chi connectivity index (χ0n) is 14.4. The number of nitrogens with zero attached hydrogens (tertiary/aromatic N) is 3. The van der Waals surface area contributed by atoms with Crippen molar-refractivity contribution in [2.45, 2.75) is 46.1 Å². The predicted octanol–water partition coefficient (Wildman–Crippen LogP) is 4.10. The van der Waals surface area contributed by atoms with E-state index >= 15 is 0 Å². The van der Waals surface area contributed by atoms with Crippen molar-refractivity contribution in [3.8, 4) is 0 Å². The smallest absolute Gasteiger partial charge is 0.255 e. The van der Waals surface area contributed by atoms with E-state index in [-0.39, 0.29) is 11.9 Å². The van der Waals surface area contributed by atoms with Gasteiger partial charge in [-0.15, -0.1) is 0 Å². The first-order valence-electron chi connectivity index (χ1n) is 8.15. The van der Waals surface area contributed by atoms with Crippen LogP contribution in [0.15, 0.2) is 36.8 Å². The van der Waals surface area contributed by atoms with Crippen LogP contribution in [0.25, 0.3) is 0 Å². The third-order valence-corrected chi connectivity index (χ3v) is 4.28. The summed E-state index contributed by atoms with van der Waals surface area (Å²) in [5.41, 5.74) is 3.71. The van der Waals surface area contributed by atoms with Gasteiger partial charge in [-0.1, -0.05) is 25.8 Å². The molecule has 2 aromatic heterocycles. The van der Waals surface area contributed by atoms with E-state index in [1.807, 2.05) is 50.2 Å².